The summed E-state index contributed by atoms with van der Waals surface area (Å²) in [5, 5.41) is 2.35. The Labute approximate surface area is 135 Å². The predicted octanol–water partition coefficient (Wildman–Crippen LogP) is 1.42. The van der Waals surface area contributed by atoms with E-state index in [4.69, 9.17) is 4.74 Å². The molecule has 1 unspecified atom stereocenters. The molecule has 3 aliphatic rings. The van der Waals surface area contributed by atoms with Crippen molar-refractivity contribution in [2.75, 3.05) is 13.7 Å². The molecule has 1 N–H and O–H groups in total. The lowest BCUT2D eigenvalue weighted by Gasteiger charge is -2.36. The second-order valence-electron chi connectivity index (χ2n) is 6.18. The van der Waals surface area contributed by atoms with Crippen LogP contribution in [-0.4, -0.2) is 42.3 Å². The largest absolute Gasteiger partial charge is 0.501 e. The van der Waals surface area contributed by atoms with Crippen molar-refractivity contribution < 1.29 is 19.1 Å². The lowest BCUT2D eigenvalue weighted by atomic mass is 9.88. The number of allylic oxidation sites excluding steroid dienone is 2. The zero-order valence-corrected chi connectivity index (χ0v) is 13.4. The maximum absolute atomic E-state index is 13.0. The second-order valence-corrected chi connectivity index (χ2v) is 6.18. The van der Waals surface area contributed by atoms with E-state index in [-0.39, 0.29) is 24.1 Å². The number of imide groups is 1. The molecular weight excluding hydrogens is 296 g/mol. The molecule has 3 amide bonds. The van der Waals surface area contributed by atoms with Gasteiger partial charge in [0.2, 0.25) is 11.8 Å². The molecule has 2 fully saturated rings. The van der Waals surface area contributed by atoms with Gasteiger partial charge in [0.05, 0.1) is 12.9 Å². The Morgan fingerprint density at radius 3 is 2.74 bits per heavy atom. The number of hydrogen-bond donors (Lipinski definition) is 1. The molecule has 0 spiro atoms. The van der Waals surface area contributed by atoms with E-state index in [1.807, 2.05) is 6.08 Å². The number of carbonyl (C=O) groups excluding carboxylic acids is 3. The van der Waals surface area contributed by atoms with Crippen molar-refractivity contribution in [1.82, 2.24) is 10.2 Å². The zero-order chi connectivity index (χ0) is 16.4. The van der Waals surface area contributed by atoms with E-state index in [1.165, 1.54) is 0 Å². The van der Waals surface area contributed by atoms with Crippen molar-refractivity contribution in [1.29, 1.82) is 0 Å². The van der Waals surface area contributed by atoms with Crippen LogP contribution < -0.4 is 5.32 Å². The molecule has 2 saturated heterocycles. The van der Waals surface area contributed by atoms with Gasteiger partial charge in [-0.25, -0.2) is 0 Å². The number of amides is 3. The molecule has 3 rings (SSSR count). The maximum atomic E-state index is 13.0. The Bertz CT molecular complexity index is 606. The predicted molar refractivity (Wildman–Crippen MR) is 83.1 cm³/mol. The number of carbonyl (C=O) groups is 3. The first-order valence-corrected chi connectivity index (χ1v) is 8.23. The first-order valence-electron chi connectivity index (χ1n) is 8.23. The quantitative estimate of drug-likeness (QED) is 0.781. The van der Waals surface area contributed by atoms with E-state index < -0.39 is 6.04 Å². The third-order valence-electron chi connectivity index (χ3n) is 4.78. The first-order chi connectivity index (χ1) is 11.1. The number of rotatable bonds is 2. The van der Waals surface area contributed by atoms with Gasteiger partial charge >= 0.3 is 0 Å². The standard InChI is InChI=1S/C17H22N2O4/c1-23-14-7-4-6-12-11(14)5-2-3-10-19(17(12)22)13-8-9-15(20)18-16(13)21/h6,13H,2-5,7-10H2,1H3,(H,18,20,21). The number of methoxy groups -OCH3 is 1. The summed E-state index contributed by atoms with van der Waals surface area (Å²) in [6.45, 7) is 0.554. The molecule has 0 aromatic carbocycles. The highest BCUT2D eigenvalue weighted by Gasteiger charge is 2.37. The molecule has 0 bridgehead atoms. The van der Waals surface area contributed by atoms with Crippen LogP contribution in [0.15, 0.2) is 23.0 Å². The Balaban J connectivity index is 1.89. The van der Waals surface area contributed by atoms with Crippen LogP contribution in [0.3, 0.4) is 0 Å². The van der Waals surface area contributed by atoms with E-state index in [0.717, 1.165) is 43.4 Å². The number of ether oxygens (including phenoxy) is 1. The lowest BCUT2D eigenvalue weighted by molar-refractivity contribution is -0.144. The average Bonchev–Trinajstić information content (AvgIpc) is 2.53. The number of likely N-dealkylation sites (tertiary alicyclic amines) is 1. The first kappa shape index (κ1) is 15.8. The highest BCUT2D eigenvalue weighted by atomic mass is 16.5. The van der Waals surface area contributed by atoms with Gasteiger partial charge in [-0.3, -0.25) is 19.7 Å². The van der Waals surface area contributed by atoms with E-state index >= 15 is 0 Å². The molecule has 1 aliphatic carbocycles. The SMILES string of the molecule is COC1=C2CCCCN(C3CCC(=O)NC3=O)C(=O)C2=CCC1. The Morgan fingerprint density at radius 1 is 1.17 bits per heavy atom. The third kappa shape index (κ3) is 3.02. The molecule has 23 heavy (non-hydrogen) atoms. The monoisotopic (exact) mass is 318 g/mol. The van der Waals surface area contributed by atoms with Gasteiger partial charge in [-0.05, 0) is 32.1 Å². The van der Waals surface area contributed by atoms with Crippen molar-refractivity contribution in [2.45, 2.75) is 51.0 Å². The molecule has 0 aromatic heterocycles. The van der Waals surface area contributed by atoms with Gasteiger partial charge < -0.3 is 9.64 Å². The molecule has 2 aliphatic heterocycles. The average molecular weight is 318 g/mol. The number of hydrogen-bond acceptors (Lipinski definition) is 4. The minimum Gasteiger partial charge on any atom is -0.501 e. The number of fused-ring (bicyclic) bond motifs is 1. The van der Waals surface area contributed by atoms with Crippen LogP contribution in [0, 0.1) is 0 Å². The van der Waals surface area contributed by atoms with Crippen LogP contribution in [0.2, 0.25) is 0 Å². The molecule has 6 nitrogen and oxygen atoms in total. The fourth-order valence-electron chi connectivity index (χ4n) is 3.60. The van der Waals surface area contributed by atoms with Crippen LogP contribution in [-0.2, 0) is 19.1 Å². The van der Waals surface area contributed by atoms with Gasteiger partial charge in [0.1, 0.15) is 6.04 Å². The van der Waals surface area contributed by atoms with Crippen LogP contribution >= 0.6 is 0 Å². The molecule has 0 radical (unpaired) electrons. The number of piperidine rings is 1. The molecule has 0 aromatic rings. The minimum absolute atomic E-state index is 0.108. The highest BCUT2D eigenvalue weighted by Crippen LogP contribution is 2.33. The van der Waals surface area contributed by atoms with Crippen LogP contribution in [0.4, 0.5) is 0 Å². The van der Waals surface area contributed by atoms with Crippen molar-refractivity contribution >= 4 is 17.7 Å². The van der Waals surface area contributed by atoms with Crippen LogP contribution in [0.5, 0.6) is 0 Å². The maximum Gasteiger partial charge on any atom is 0.254 e. The summed E-state index contributed by atoms with van der Waals surface area (Å²) in [4.78, 5) is 38.2. The summed E-state index contributed by atoms with van der Waals surface area (Å²) in [6, 6.07) is -0.548. The fourth-order valence-corrected chi connectivity index (χ4v) is 3.60. The van der Waals surface area contributed by atoms with Crippen molar-refractivity contribution in [3.8, 4) is 0 Å². The Kier molecular flexibility index (Phi) is 4.50. The topological polar surface area (TPSA) is 75.7 Å². The molecule has 1 atom stereocenters. The Morgan fingerprint density at radius 2 is 2.00 bits per heavy atom. The van der Waals surface area contributed by atoms with E-state index in [1.54, 1.807) is 12.0 Å². The molecule has 124 valence electrons. The van der Waals surface area contributed by atoms with Gasteiger partial charge in [-0.15, -0.1) is 0 Å². The number of nitrogens with zero attached hydrogens (tertiary/aromatic N) is 1. The smallest absolute Gasteiger partial charge is 0.254 e. The van der Waals surface area contributed by atoms with Crippen molar-refractivity contribution in [3.05, 3.63) is 23.0 Å². The van der Waals surface area contributed by atoms with Gasteiger partial charge in [0, 0.05) is 30.5 Å². The Hall–Kier alpha value is -2.11. The van der Waals surface area contributed by atoms with Crippen molar-refractivity contribution in [2.24, 2.45) is 0 Å². The normalized spacial score (nSPS) is 26.1. The van der Waals surface area contributed by atoms with Gasteiger partial charge in [-0.2, -0.15) is 0 Å². The summed E-state index contributed by atoms with van der Waals surface area (Å²) in [5.74, 6) is 0.165. The van der Waals surface area contributed by atoms with Crippen molar-refractivity contribution in [3.63, 3.8) is 0 Å². The summed E-state index contributed by atoms with van der Waals surface area (Å²) < 4.78 is 5.47. The van der Waals surface area contributed by atoms with Crippen LogP contribution in [0.25, 0.3) is 0 Å². The van der Waals surface area contributed by atoms with E-state index in [0.29, 0.717) is 18.5 Å². The lowest BCUT2D eigenvalue weighted by Crippen LogP contribution is -2.55. The van der Waals surface area contributed by atoms with Gasteiger partial charge in [-0.1, -0.05) is 6.08 Å². The third-order valence-corrected chi connectivity index (χ3v) is 4.78. The molecule has 0 saturated carbocycles. The van der Waals surface area contributed by atoms with E-state index in [9.17, 15) is 14.4 Å². The summed E-state index contributed by atoms with van der Waals surface area (Å²) in [7, 11) is 1.65. The molecular formula is C17H22N2O4. The summed E-state index contributed by atoms with van der Waals surface area (Å²) in [6.07, 6.45) is 6.88. The highest BCUT2D eigenvalue weighted by molar-refractivity contribution is 6.05. The molecule has 6 heteroatoms. The number of nitrogens with one attached hydrogen (secondary N) is 1. The summed E-state index contributed by atoms with van der Waals surface area (Å²) in [5.41, 5.74) is 1.67. The minimum atomic E-state index is -0.548. The van der Waals surface area contributed by atoms with Gasteiger partial charge in [0.15, 0.2) is 0 Å². The molecule has 2 heterocycles. The summed E-state index contributed by atoms with van der Waals surface area (Å²) >= 11 is 0. The van der Waals surface area contributed by atoms with E-state index in [2.05, 4.69) is 5.32 Å². The van der Waals surface area contributed by atoms with Gasteiger partial charge in [0.25, 0.3) is 5.91 Å². The zero-order valence-electron chi connectivity index (χ0n) is 13.4. The van der Waals surface area contributed by atoms with Crippen LogP contribution in [0.1, 0.15) is 44.9 Å². The fraction of sp³-hybridized carbons (Fsp3) is 0.588. The second kappa shape index (κ2) is 6.56.